The van der Waals surface area contributed by atoms with Crippen molar-refractivity contribution in [1.29, 1.82) is 0 Å². The SMILES string of the molecule is COc1ccc(NC(=O)CN(C)C(=O)CSc2ccc([N+](=O)[O-])cc2)cc1. The number of nitro benzene ring substituents is 1. The summed E-state index contributed by atoms with van der Waals surface area (Å²) in [6, 6.07) is 12.8. The highest BCUT2D eigenvalue weighted by molar-refractivity contribution is 8.00. The van der Waals surface area contributed by atoms with Gasteiger partial charge in [0.05, 0.1) is 24.3 Å². The maximum Gasteiger partial charge on any atom is 0.269 e. The van der Waals surface area contributed by atoms with E-state index in [1.807, 2.05) is 0 Å². The van der Waals surface area contributed by atoms with Crippen LogP contribution in [0.4, 0.5) is 11.4 Å². The first-order valence-electron chi connectivity index (χ1n) is 7.94. The van der Waals surface area contributed by atoms with Gasteiger partial charge in [-0.25, -0.2) is 0 Å². The summed E-state index contributed by atoms with van der Waals surface area (Å²) < 4.78 is 5.05. The number of ether oxygens (including phenoxy) is 1. The van der Waals surface area contributed by atoms with Crippen LogP contribution in [0.1, 0.15) is 0 Å². The van der Waals surface area contributed by atoms with E-state index in [4.69, 9.17) is 4.74 Å². The minimum atomic E-state index is -0.477. The molecule has 0 atom stereocenters. The zero-order valence-electron chi connectivity index (χ0n) is 14.9. The van der Waals surface area contributed by atoms with E-state index in [-0.39, 0.29) is 29.8 Å². The molecule has 2 rings (SSSR count). The minimum Gasteiger partial charge on any atom is -0.497 e. The van der Waals surface area contributed by atoms with Crippen LogP contribution in [0.25, 0.3) is 0 Å². The van der Waals surface area contributed by atoms with E-state index in [1.165, 1.54) is 28.8 Å². The zero-order valence-corrected chi connectivity index (χ0v) is 15.7. The number of nitrogens with one attached hydrogen (secondary N) is 1. The second-order valence-electron chi connectivity index (χ2n) is 5.57. The van der Waals surface area contributed by atoms with Crippen molar-refractivity contribution in [2.24, 2.45) is 0 Å². The number of nitro groups is 1. The van der Waals surface area contributed by atoms with Crippen molar-refractivity contribution in [3.05, 3.63) is 58.6 Å². The van der Waals surface area contributed by atoms with E-state index in [2.05, 4.69) is 5.32 Å². The minimum absolute atomic E-state index is 0.00185. The smallest absolute Gasteiger partial charge is 0.269 e. The number of anilines is 1. The predicted octanol–water partition coefficient (Wildman–Crippen LogP) is 2.79. The first-order chi connectivity index (χ1) is 12.9. The summed E-state index contributed by atoms with van der Waals surface area (Å²) in [6.45, 7) is -0.0777. The van der Waals surface area contributed by atoms with Crippen molar-refractivity contribution in [2.45, 2.75) is 4.90 Å². The molecule has 2 amide bonds. The fourth-order valence-corrected chi connectivity index (χ4v) is 2.94. The van der Waals surface area contributed by atoms with E-state index in [0.717, 1.165) is 4.90 Å². The number of hydrogen-bond acceptors (Lipinski definition) is 6. The second kappa shape index (κ2) is 9.58. The quantitative estimate of drug-likeness (QED) is 0.423. The fourth-order valence-electron chi connectivity index (χ4n) is 2.10. The monoisotopic (exact) mass is 389 g/mol. The summed E-state index contributed by atoms with van der Waals surface area (Å²) in [5, 5.41) is 13.3. The molecule has 0 heterocycles. The summed E-state index contributed by atoms with van der Waals surface area (Å²) in [4.78, 5) is 36.4. The molecule has 8 nitrogen and oxygen atoms in total. The number of likely N-dealkylation sites (N-methyl/N-ethyl adjacent to an activating group) is 1. The third-order valence-corrected chi connectivity index (χ3v) is 4.59. The van der Waals surface area contributed by atoms with Gasteiger partial charge in [-0.15, -0.1) is 11.8 Å². The highest BCUT2D eigenvalue weighted by atomic mass is 32.2. The molecule has 2 aromatic carbocycles. The Morgan fingerprint density at radius 3 is 2.33 bits per heavy atom. The Morgan fingerprint density at radius 1 is 1.15 bits per heavy atom. The van der Waals surface area contributed by atoms with E-state index in [1.54, 1.807) is 50.6 Å². The van der Waals surface area contributed by atoms with Crippen LogP contribution in [0.5, 0.6) is 5.75 Å². The first kappa shape index (κ1) is 20.2. The van der Waals surface area contributed by atoms with Crippen LogP contribution >= 0.6 is 11.8 Å². The third kappa shape index (κ3) is 6.30. The zero-order chi connectivity index (χ0) is 19.8. The van der Waals surface area contributed by atoms with Gasteiger partial charge in [0.2, 0.25) is 11.8 Å². The average Bonchev–Trinajstić information content (AvgIpc) is 2.66. The molecule has 9 heteroatoms. The summed E-state index contributed by atoms with van der Waals surface area (Å²) in [5.74, 6) is 0.285. The van der Waals surface area contributed by atoms with Gasteiger partial charge in [0.1, 0.15) is 5.75 Å². The maximum absolute atomic E-state index is 12.2. The van der Waals surface area contributed by atoms with Gasteiger partial charge in [-0.3, -0.25) is 19.7 Å². The van der Waals surface area contributed by atoms with Crippen molar-refractivity contribution in [2.75, 3.05) is 31.8 Å². The first-order valence-corrected chi connectivity index (χ1v) is 8.92. The lowest BCUT2D eigenvalue weighted by molar-refractivity contribution is -0.384. The Hall–Kier alpha value is -3.07. The van der Waals surface area contributed by atoms with E-state index < -0.39 is 4.92 Å². The molecule has 0 bridgehead atoms. The molecule has 0 fully saturated rings. The standard InChI is InChI=1S/C18H19N3O5S/c1-20(11-17(22)19-13-3-7-15(26-2)8-4-13)18(23)12-27-16-9-5-14(6-10-16)21(24)25/h3-10H,11-12H2,1-2H3,(H,19,22). The molecule has 2 aromatic rings. The molecule has 0 aromatic heterocycles. The van der Waals surface area contributed by atoms with Gasteiger partial charge in [0, 0.05) is 29.8 Å². The van der Waals surface area contributed by atoms with Crippen LogP contribution in [0, 0.1) is 10.1 Å². The van der Waals surface area contributed by atoms with Crippen LogP contribution in [0.3, 0.4) is 0 Å². The Labute approximate surface area is 160 Å². The summed E-state index contributed by atoms with van der Waals surface area (Å²) in [7, 11) is 3.11. The number of nitrogens with zero attached hydrogens (tertiary/aromatic N) is 2. The van der Waals surface area contributed by atoms with E-state index in [9.17, 15) is 19.7 Å². The third-order valence-electron chi connectivity index (χ3n) is 3.59. The Bertz CT molecular complexity index is 809. The number of hydrogen-bond donors (Lipinski definition) is 1. The molecule has 27 heavy (non-hydrogen) atoms. The molecule has 0 aliphatic heterocycles. The van der Waals surface area contributed by atoms with Crippen LogP contribution in [-0.4, -0.2) is 48.1 Å². The molecular weight excluding hydrogens is 370 g/mol. The molecule has 0 unspecified atom stereocenters. The number of thioether (sulfide) groups is 1. The Balaban J connectivity index is 1.79. The average molecular weight is 389 g/mol. The normalized spacial score (nSPS) is 10.1. The van der Waals surface area contributed by atoms with Crippen molar-refractivity contribution in [3.8, 4) is 5.75 Å². The van der Waals surface area contributed by atoms with Gasteiger partial charge in [-0.2, -0.15) is 0 Å². The molecular formula is C18H19N3O5S. The molecule has 142 valence electrons. The number of carbonyl (C=O) groups excluding carboxylic acids is 2. The number of benzene rings is 2. The lowest BCUT2D eigenvalue weighted by Gasteiger charge is -2.16. The summed E-state index contributed by atoms with van der Waals surface area (Å²) in [5.41, 5.74) is 0.611. The molecule has 0 spiro atoms. The topological polar surface area (TPSA) is 102 Å². The van der Waals surface area contributed by atoms with Crippen molar-refractivity contribution in [3.63, 3.8) is 0 Å². The van der Waals surface area contributed by atoms with Crippen molar-refractivity contribution < 1.29 is 19.2 Å². The number of methoxy groups -OCH3 is 1. The molecule has 0 saturated heterocycles. The lowest BCUT2D eigenvalue weighted by atomic mass is 10.3. The summed E-state index contributed by atoms with van der Waals surface area (Å²) in [6.07, 6.45) is 0. The maximum atomic E-state index is 12.2. The summed E-state index contributed by atoms with van der Waals surface area (Å²) >= 11 is 1.25. The predicted molar refractivity (Wildman–Crippen MR) is 103 cm³/mol. The molecule has 0 saturated carbocycles. The molecule has 1 N–H and O–H groups in total. The lowest BCUT2D eigenvalue weighted by Crippen LogP contribution is -2.35. The van der Waals surface area contributed by atoms with Gasteiger partial charge in [0.25, 0.3) is 5.69 Å². The van der Waals surface area contributed by atoms with Gasteiger partial charge in [0.15, 0.2) is 0 Å². The van der Waals surface area contributed by atoms with Crippen LogP contribution in [0.15, 0.2) is 53.4 Å². The van der Waals surface area contributed by atoms with Crippen LogP contribution in [0.2, 0.25) is 0 Å². The van der Waals surface area contributed by atoms with E-state index >= 15 is 0 Å². The number of non-ortho nitro benzene ring substituents is 1. The molecule has 0 radical (unpaired) electrons. The Morgan fingerprint density at radius 2 is 1.78 bits per heavy atom. The largest absolute Gasteiger partial charge is 0.497 e. The van der Waals surface area contributed by atoms with Gasteiger partial charge in [-0.05, 0) is 36.4 Å². The van der Waals surface area contributed by atoms with Gasteiger partial charge >= 0.3 is 0 Å². The van der Waals surface area contributed by atoms with Crippen LogP contribution < -0.4 is 10.1 Å². The highest BCUT2D eigenvalue weighted by Gasteiger charge is 2.14. The number of rotatable bonds is 8. The highest BCUT2D eigenvalue weighted by Crippen LogP contribution is 2.21. The van der Waals surface area contributed by atoms with E-state index in [0.29, 0.717) is 11.4 Å². The number of carbonyl (C=O) groups is 2. The van der Waals surface area contributed by atoms with Crippen molar-refractivity contribution in [1.82, 2.24) is 4.90 Å². The van der Waals surface area contributed by atoms with Crippen molar-refractivity contribution >= 4 is 35.0 Å². The van der Waals surface area contributed by atoms with Gasteiger partial charge in [-0.1, -0.05) is 0 Å². The van der Waals surface area contributed by atoms with Crippen LogP contribution in [-0.2, 0) is 9.59 Å². The number of amides is 2. The fraction of sp³-hybridized carbons (Fsp3) is 0.222. The molecule has 0 aliphatic rings. The second-order valence-corrected chi connectivity index (χ2v) is 6.61. The van der Waals surface area contributed by atoms with Gasteiger partial charge < -0.3 is 15.0 Å². The Kier molecular flexibility index (Phi) is 7.18. The molecule has 0 aliphatic carbocycles.